The van der Waals surface area contributed by atoms with Gasteiger partial charge in [-0.2, -0.15) is 0 Å². The molecule has 0 radical (unpaired) electrons. The number of ether oxygens (including phenoxy) is 1. The van der Waals surface area contributed by atoms with E-state index in [1.54, 1.807) is 27.7 Å². The highest BCUT2D eigenvalue weighted by atomic mass is 31.2. The summed E-state index contributed by atoms with van der Waals surface area (Å²) in [6, 6.07) is 0. The molecule has 0 bridgehead atoms. The summed E-state index contributed by atoms with van der Waals surface area (Å²) in [6.45, 7) is 15.1. The van der Waals surface area contributed by atoms with Gasteiger partial charge in [-0.15, -0.1) is 0 Å². The fourth-order valence-corrected chi connectivity index (χ4v) is 7.26. The zero-order chi connectivity index (χ0) is 26.6. The average molecular weight is 522 g/mol. The number of allylic oxidation sites excluding steroid dienone is 5. The molecular weight excluding hydrogens is 476 g/mol. The monoisotopic (exact) mass is 521 g/mol. The second kappa shape index (κ2) is 15.1. The summed E-state index contributed by atoms with van der Waals surface area (Å²) >= 11 is 0. The molecule has 1 unspecified atom stereocenters. The molecule has 10 heteroatoms. The average Bonchev–Trinajstić information content (AvgIpc) is 2.62. The Morgan fingerprint density at radius 2 is 1.47 bits per heavy atom. The van der Waals surface area contributed by atoms with E-state index in [1.807, 2.05) is 13.0 Å². The topological polar surface area (TPSA) is 113 Å². The van der Waals surface area contributed by atoms with Crippen LogP contribution in [0.5, 0.6) is 0 Å². The van der Waals surface area contributed by atoms with E-state index in [2.05, 4.69) is 32.9 Å². The normalized spacial score (nSPS) is 15.0. The van der Waals surface area contributed by atoms with Gasteiger partial charge in [-0.25, -0.2) is 4.79 Å². The van der Waals surface area contributed by atoms with Crippen LogP contribution in [0.4, 0.5) is 4.79 Å². The van der Waals surface area contributed by atoms with Gasteiger partial charge in [0.1, 0.15) is 17.8 Å². The molecule has 1 amide bonds. The van der Waals surface area contributed by atoms with Gasteiger partial charge in [-0.05, 0) is 81.1 Å². The fourth-order valence-electron chi connectivity index (χ4n) is 3.02. The quantitative estimate of drug-likeness (QED) is 0.186. The van der Waals surface area contributed by atoms with E-state index in [9.17, 15) is 23.7 Å². The number of nitrogens with zero attached hydrogens (tertiary/aromatic N) is 1. The third-order valence-electron chi connectivity index (χ3n) is 4.58. The van der Waals surface area contributed by atoms with Gasteiger partial charge in [0.2, 0.25) is 7.37 Å². The molecule has 0 spiro atoms. The van der Waals surface area contributed by atoms with E-state index in [4.69, 9.17) is 9.26 Å². The number of amides is 1. The third kappa shape index (κ3) is 17.3. The van der Waals surface area contributed by atoms with Gasteiger partial charge in [0.05, 0.1) is 6.61 Å². The fraction of sp³-hybridized carbons (Fsp3) is 0.708. The molecule has 0 aliphatic rings. The van der Waals surface area contributed by atoms with Gasteiger partial charge in [0, 0.05) is 6.54 Å². The summed E-state index contributed by atoms with van der Waals surface area (Å²) in [6.07, 6.45) is 8.85. The van der Waals surface area contributed by atoms with Gasteiger partial charge < -0.3 is 19.0 Å². The molecule has 198 valence electrons. The summed E-state index contributed by atoms with van der Waals surface area (Å²) in [4.78, 5) is 32.7. The first kappa shape index (κ1) is 32.8. The second-order valence-electron chi connectivity index (χ2n) is 9.84. The predicted molar refractivity (Wildman–Crippen MR) is 139 cm³/mol. The van der Waals surface area contributed by atoms with Gasteiger partial charge in [0.25, 0.3) is 0 Å². The Balaban J connectivity index is 5.36. The summed E-state index contributed by atoms with van der Waals surface area (Å²) < 4.78 is 35.3. The van der Waals surface area contributed by atoms with Gasteiger partial charge in [-0.1, -0.05) is 34.9 Å². The van der Waals surface area contributed by atoms with Crippen molar-refractivity contribution in [2.45, 2.75) is 86.7 Å². The Morgan fingerprint density at radius 1 is 0.941 bits per heavy atom. The minimum atomic E-state index is -4.61. The molecule has 0 heterocycles. The Kier molecular flexibility index (Phi) is 14.5. The van der Waals surface area contributed by atoms with Crippen LogP contribution in [0.1, 0.15) is 81.1 Å². The van der Waals surface area contributed by atoms with Crippen molar-refractivity contribution in [2.75, 3.05) is 25.3 Å². The van der Waals surface area contributed by atoms with E-state index in [0.29, 0.717) is 0 Å². The number of rotatable bonds is 14. The standard InChI is InChI=1S/C24H45NO7P2/c1-9-31-33(27,19-34(28,29)30)18-25(23(26)32-24(6,7)8)17-16-22(5)15-11-14-21(4)13-10-12-20(2)3/h12,14,16H,9-11,13,15,17-19H2,1-8H3,(H2,28,29,30). The summed E-state index contributed by atoms with van der Waals surface area (Å²) in [5, 5.41) is 0. The molecule has 0 aliphatic heterocycles. The second-order valence-corrected chi connectivity index (χ2v) is 14.5. The molecule has 0 aromatic heterocycles. The molecule has 0 saturated carbocycles. The molecule has 1 atom stereocenters. The highest BCUT2D eigenvalue weighted by Crippen LogP contribution is 2.58. The molecular formula is C24H45NO7P2. The first-order valence-corrected chi connectivity index (χ1v) is 15.5. The molecule has 0 aromatic rings. The maximum absolute atomic E-state index is 13.1. The zero-order valence-electron chi connectivity index (χ0n) is 22.2. The molecule has 0 rings (SSSR count). The molecule has 0 aromatic carbocycles. The van der Waals surface area contributed by atoms with Crippen LogP contribution in [0.15, 0.2) is 34.9 Å². The molecule has 0 saturated heterocycles. The van der Waals surface area contributed by atoms with Gasteiger partial charge >= 0.3 is 13.7 Å². The van der Waals surface area contributed by atoms with Crippen LogP contribution in [0.3, 0.4) is 0 Å². The van der Waals surface area contributed by atoms with Crippen LogP contribution >= 0.6 is 15.0 Å². The van der Waals surface area contributed by atoms with Gasteiger partial charge in [-0.3, -0.25) is 14.0 Å². The zero-order valence-corrected chi connectivity index (χ0v) is 24.0. The SMILES string of the molecule is CCOP(=O)(CN(CC=C(C)CCC=C(C)CCC=C(C)C)C(=O)OC(C)(C)C)CP(=O)(O)O. The van der Waals surface area contributed by atoms with Crippen molar-refractivity contribution < 1.29 is 33.0 Å². The largest absolute Gasteiger partial charge is 0.444 e. The van der Waals surface area contributed by atoms with Crippen LogP contribution in [0.25, 0.3) is 0 Å². The molecule has 0 fully saturated rings. The number of carbonyl (C=O) groups is 1. The number of hydrogen-bond acceptors (Lipinski definition) is 5. The lowest BCUT2D eigenvalue weighted by molar-refractivity contribution is 0.0296. The summed E-state index contributed by atoms with van der Waals surface area (Å²) in [5.74, 6) is -0.924. The first-order chi connectivity index (χ1) is 15.5. The van der Waals surface area contributed by atoms with Crippen molar-refractivity contribution in [1.82, 2.24) is 4.90 Å². The highest BCUT2D eigenvalue weighted by Gasteiger charge is 2.36. The molecule has 2 N–H and O–H groups in total. The maximum Gasteiger partial charge on any atom is 0.411 e. The van der Waals surface area contributed by atoms with Crippen LogP contribution < -0.4 is 0 Å². The molecule has 34 heavy (non-hydrogen) atoms. The predicted octanol–water partition coefficient (Wildman–Crippen LogP) is 7.05. The van der Waals surface area contributed by atoms with E-state index < -0.39 is 38.8 Å². The minimum Gasteiger partial charge on any atom is -0.444 e. The van der Waals surface area contributed by atoms with Crippen LogP contribution in [-0.4, -0.2) is 51.7 Å². The van der Waals surface area contributed by atoms with Crippen LogP contribution in [0.2, 0.25) is 0 Å². The van der Waals surface area contributed by atoms with E-state index >= 15 is 0 Å². The Labute approximate surface area is 206 Å². The first-order valence-electron chi connectivity index (χ1n) is 11.7. The van der Waals surface area contributed by atoms with Gasteiger partial charge in [0.15, 0.2) is 0 Å². The summed E-state index contributed by atoms with van der Waals surface area (Å²) in [7, 11) is -8.42. The minimum absolute atomic E-state index is 0.00754. The van der Waals surface area contributed by atoms with Crippen molar-refractivity contribution in [3.05, 3.63) is 34.9 Å². The van der Waals surface area contributed by atoms with Crippen molar-refractivity contribution in [1.29, 1.82) is 0 Å². The highest BCUT2D eigenvalue weighted by molar-refractivity contribution is 7.73. The Bertz CT molecular complexity index is 831. The Morgan fingerprint density at radius 3 is 1.94 bits per heavy atom. The van der Waals surface area contributed by atoms with Crippen molar-refractivity contribution in [2.24, 2.45) is 0 Å². The van der Waals surface area contributed by atoms with Crippen LogP contribution in [0, 0.1) is 0 Å². The number of carbonyl (C=O) groups excluding carboxylic acids is 1. The lowest BCUT2D eigenvalue weighted by atomic mass is 10.1. The lowest BCUT2D eigenvalue weighted by Crippen LogP contribution is -2.38. The number of hydrogen-bond donors (Lipinski definition) is 2. The van der Waals surface area contributed by atoms with Crippen molar-refractivity contribution in [3.63, 3.8) is 0 Å². The van der Waals surface area contributed by atoms with E-state index in [-0.39, 0.29) is 13.2 Å². The smallest absolute Gasteiger partial charge is 0.411 e. The third-order valence-corrected chi connectivity index (χ3v) is 9.28. The Hall–Kier alpha value is -1.17. The van der Waals surface area contributed by atoms with E-state index in [1.165, 1.54) is 16.0 Å². The molecule has 8 nitrogen and oxygen atoms in total. The maximum atomic E-state index is 13.1. The van der Waals surface area contributed by atoms with Crippen molar-refractivity contribution >= 4 is 21.1 Å². The van der Waals surface area contributed by atoms with Crippen LogP contribution in [-0.2, 0) is 18.4 Å². The summed E-state index contributed by atoms with van der Waals surface area (Å²) in [5.41, 5.74) is 2.91. The molecule has 0 aliphatic carbocycles. The van der Waals surface area contributed by atoms with Crippen molar-refractivity contribution in [3.8, 4) is 0 Å². The van der Waals surface area contributed by atoms with E-state index in [0.717, 1.165) is 31.3 Å². The lowest BCUT2D eigenvalue weighted by Gasteiger charge is -2.29.